The molecule has 2 heterocycles. The second kappa shape index (κ2) is 5.70. The molecule has 100 valence electrons. The number of hydrogen-bond donors (Lipinski definition) is 0. The first kappa shape index (κ1) is 13.3. The molecule has 0 spiro atoms. The lowest BCUT2D eigenvalue weighted by Gasteiger charge is -2.25. The van der Waals surface area contributed by atoms with E-state index in [1.165, 1.54) is 25.0 Å². The third-order valence-electron chi connectivity index (χ3n) is 4.01. The molecule has 18 heavy (non-hydrogen) atoms. The Morgan fingerprint density at radius 2 is 1.89 bits per heavy atom. The predicted octanol–water partition coefficient (Wildman–Crippen LogP) is 2.79. The van der Waals surface area contributed by atoms with E-state index in [0.717, 1.165) is 30.9 Å². The molecule has 1 aromatic rings. The van der Waals surface area contributed by atoms with Gasteiger partial charge in [-0.3, -0.25) is 9.69 Å². The van der Waals surface area contributed by atoms with E-state index in [2.05, 4.69) is 30.2 Å². The SMILES string of the molecule is CCn1c(C)cc(C(=O)CN2CCCCC2)c1C. The van der Waals surface area contributed by atoms with Crippen molar-refractivity contribution in [2.24, 2.45) is 0 Å². The lowest BCUT2D eigenvalue weighted by molar-refractivity contribution is 0.0915. The number of piperidine rings is 1. The number of aryl methyl sites for hydroxylation is 1. The van der Waals surface area contributed by atoms with E-state index in [0.29, 0.717) is 6.54 Å². The first-order valence-corrected chi connectivity index (χ1v) is 7.05. The Hall–Kier alpha value is -1.09. The number of likely N-dealkylation sites (tertiary alicyclic amines) is 1. The molecular weight excluding hydrogens is 224 g/mol. The quantitative estimate of drug-likeness (QED) is 0.766. The number of hydrogen-bond acceptors (Lipinski definition) is 2. The summed E-state index contributed by atoms with van der Waals surface area (Å²) in [4.78, 5) is 14.7. The van der Waals surface area contributed by atoms with Crippen LogP contribution in [0.1, 0.15) is 47.9 Å². The third kappa shape index (κ3) is 2.66. The van der Waals surface area contributed by atoms with Crippen LogP contribution in [0.2, 0.25) is 0 Å². The second-order valence-electron chi connectivity index (χ2n) is 5.29. The lowest BCUT2D eigenvalue weighted by atomic mass is 10.1. The summed E-state index contributed by atoms with van der Waals surface area (Å²) in [5.74, 6) is 0.282. The fourth-order valence-corrected chi connectivity index (χ4v) is 2.98. The molecule has 1 saturated heterocycles. The number of Topliss-reactive ketones (excluding diaryl/α,β-unsaturated/α-hetero) is 1. The van der Waals surface area contributed by atoms with Gasteiger partial charge >= 0.3 is 0 Å². The fourth-order valence-electron chi connectivity index (χ4n) is 2.98. The summed E-state index contributed by atoms with van der Waals surface area (Å²) in [6.07, 6.45) is 3.79. The van der Waals surface area contributed by atoms with Crippen molar-refractivity contribution in [3.8, 4) is 0 Å². The zero-order valence-electron chi connectivity index (χ0n) is 11.8. The van der Waals surface area contributed by atoms with Crippen molar-refractivity contribution >= 4 is 5.78 Å². The van der Waals surface area contributed by atoms with Crippen molar-refractivity contribution in [1.82, 2.24) is 9.47 Å². The average molecular weight is 248 g/mol. The van der Waals surface area contributed by atoms with Crippen LogP contribution in [0.4, 0.5) is 0 Å². The van der Waals surface area contributed by atoms with Gasteiger partial charge in [0.05, 0.1) is 6.54 Å². The van der Waals surface area contributed by atoms with Crippen LogP contribution in [-0.4, -0.2) is 34.9 Å². The van der Waals surface area contributed by atoms with Gasteiger partial charge in [0.15, 0.2) is 5.78 Å². The Bertz CT molecular complexity index is 428. The summed E-state index contributed by atoms with van der Waals surface area (Å²) < 4.78 is 2.21. The maximum atomic E-state index is 12.4. The van der Waals surface area contributed by atoms with E-state index >= 15 is 0 Å². The standard InChI is InChI=1S/C15H24N2O/c1-4-17-12(2)10-14(13(17)3)15(18)11-16-8-6-5-7-9-16/h10H,4-9,11H2,1-3H3. The van der Waals surface area contributed by atoms with Crippen molar-refractivity contribution in [2.45, 2.75) is 46.6 Å². The highest BCUT2D eigenvalue weighted by atomic mass is 16.1. The summed E-state index contributed by atoms with van der Waals surface area (Å²) >= 11 is 0. The van der Waals surface area contributed by atoms with Gasteiger partial charge in [0.1, 0.15) is 0 Å². The molecule has 0 aromatic carbocycles. The van der Waals surface area contributed by atoms with Gasteiger partial charge in [0.2, 0.25) is 0 Å². The second-order valence-corrected chi connectivity index (χ2v) is 5.29. The highest BCUT2D eigenvalue weighted by Gasteiger charge is 2.19. The van der Waals surface area contributed by atoms with E-state index < -0.39 is 0 Å². The molecule has 2 rings (SSSR count). The molecule has 1 aliphatic rings. The predicted molar refractivity (Wildman–Crippen MR) is 74.2 cm³/mol. The number of rotatable bonds is 4. The van der Waals surface area contributed by atoms with Crippen LogP contribution < -0.4 is 0 Å². The molecule has 0 unspecified atom stereocenters. The minimum atomic E-state index is 0.282. The van der Waals surface area contributed by atoms with Gasteiger partial charge in [-0.2, -0.15) is 0 Å². The van der Waals surface area contributed by atoms with Crippen LogP contribution in [0.5, 0.6) is 0 Å². The van der Waals surface area contributed by atoms with Gasteiger partial charge in [-0.05, 0) is 52.8 Å². The molecule has 3 nitrogen and oxygen atoms in total. The molecule has 1 aromatic heterocycles. The molecular formula is C15H24N2O. The van der Waals surface area contributed by atoms with Crippen LogP contribution in [0.15, 0.2) is 6.07 Å². The normalized spacial score (nSPS) is 17.1. The van der Waals surface area contributed by atoms with Crippen LogP contribution in [0.3, 0.4) is 0 Å². The van der Waals surface area contributed by atoms with Crippen molar-refractivity contribution in [1.29, 1.82) is 0 Å². The Kier molecular flexibility index (Phi) is 4.23. The molecule has 0 aliphatic carbocycles. The van der Waals surface area contributed by atoms with Crippen molar-refractivity contribution in [2.75, 3.05) is 19.6 Å². The minimum absolute atomic E-state index is 0.282. The molecule has 0 atom stereocenters. The zero-order valence-corrected chi connectivity index (χ0v) is 11.8. The molecule has 1 aliphatic heterocycles. The van der Waals surface area contributed by atoms with Gasteiger partial charge in [-0.1, -0.05) is 6.42 Å². The van der Waals surface area contributed by atoms with Gasteiger partial charge < -0.3 is 4.57 Å². The Morgan fingerprint density at radius 1 is 1.22 bits per heavy atom. The summed E-state index contributed by atoms with van der Waals surface area (Å²) in [6.45, 7) is 9.95. The zero-order chi connectivity index (χ0) is 13.1. The molecule has 0 amide bonds. The highest BCUT2D eigenvalue weighted by Crippen LogP contribution is 2.17. The van der Waals surface area contributed by atoms with E-state index in [1.54, 1.807) is 0 Å². The maximum Gasteiger partial charge on any atom is 0.178 e. The number of carbonyl (C=O) groups is 1. The first-order valence-electron chi connectivity index (χ1n) is 7.05. The summed E-state index contributed by atoms with van der Waals surface area (Å²) in [5, 5.41) is 0. The van der Waals surface area contributed by atoms with Crippen molar-refractivity contribution in [3.05, 3.63) is 23.0 Å². The minimum Gasteiger partial charge on any atom is -0.349 e. The van der Waals surface area contributed by atoms with E-state index in [4.69, 9.17) is 0 Å². The van der Waals surface area contributed by atoms with Gasteiger partial charge in [-0.25, -0.2) is 0 Å². The van der Waals surface area contributed by atoms with Gasteiger partial charge in [0.25, 0.3) is 0 Å². The Balaban J connectivity index is 2.08. The van der Waals surface area contributed by atoms with Crippen LogP contribution >= 0.6 is 0 Å². The largest absolute Gasteiger partial charge is 0.349 e. The van der Waals surface area contributed by atoms with Gasteiger partial charge in [0, 0.05) is 23.5 Å². The van der Waals surface area contributed by atoms with Crippen LogP contribution in [0, 0.1) is 13.8 Å². The van der Waals surface area contributed by atoms with Crippen molar-refractivity contribution in [3.63, 3.8) is 0 Å². The number of aromatic nitrogens is 1. The van der Waals surface area contributed by atoms with E-state index in [-0.39, 0.29) is 5.78 Å². The highest BCUT2D eigenvalue weighted by molar-refractivity contribution is 5.99. The summed E-state index contributed by atoms with van der Waals surface area (Å²) in [6, 6.07) is 2.05. The summed E-state index contributed by atoms with van der Waals surface area (Å²) in [7, 11) is 0. The third-order valence-corrected chi connectivity index (χ3v) is 4.01. The topological polar surface area (TPSA) is 25.2 Å². The molecule has 0 radical (unpaired) electrons. The van der Waals surface area contributed by atoms with Crippen molar-refractivity contribution < 1.29 is 4.79 Å². The number of ketones is 1. The lowest BCUT2D eigenvalue weighted by Crippen LogP contribution is -2.34. The molecule has 0 bridgehead atoms. The Morgan fingerprint density at radius 3 is 2.44 bits per heavy atom. The van der Waals surface area contributed by atoms with E-state index in [1.807, 2.05) is 6.07 Å². The first-order chi connectivity index (χ1) is 8.63. The molecule has 1 fully saturated rings. The number of carbonyl (C=O) groups excluding carboxylic acids is 1. The van der Waals surface area contributed by atoms with Crippen LogP contribution in [-0.2, 0) is 6.54 Å². The van der Waals surface area contributed by atoms with E-state index in [9.17, 15) is 4.79 Å². The fraction of sp³-hybridized carbons (Fsp3) is 0.667. The van der Waals surface area contributed by atoms with Gasteiger partial charge in [-0.15, -0.1) is 0 Å². The van der Waals surface area contributed by atoms with Crippen LogP contribution in [0.25, 0.3) is 0 Å². The molecule has 3 heteroatoms. The molecule has 0 saturated carbocycles. The monoisotopic (exact) mass is 248 g/mol. The number of nitrogens with zero attached hydrogens (tertiary/aromatic N) is 2. The Labute approximate surface area is 110 Å². The average Bonchev–Trinajstić information content (AvgIpc) is 2.65. The summed E-state index contributed by atoms with van der Waals surface area (Å²) in [5.41, 5.74) is 3.23. The smallest absolute Gasteiger partial charge is 0.178 e. The molecule has 0 N–H and O–H groups in total. The maximum absolute atomic E-state index is 12.4.